The van der Waals surface area contributed by atoms with Gasteiger partial charge in [-0.3, -0.25) is 14.4 Å². The van der Waals surface area contributed by atoms with Crippen LogP contribution < -0.4 is 10.6 Å². The van der Waals surface area contributed by atoms with Crippen molar-refractivity contribution in [2.75, 3.05) is 13.2 Å². The zero-order chi connectivity index (χ0) is 46.8. The second-order valence-electron chi connectivity index (χ2n) is 17.9. The third-order valence-corrected chi connectivity index (χ3v) is 11.8. The van der Waals surface area contributed by atoms with E-state index in [1.54, 1.807) is 0 Å². The van der Waals surface area contributed by atoms with Crippen molar-refractivity contribution in [1.29, 1.82) is 0 Å². The lowest BCUT2D eigenvalue weighted by molar-refractivity contribution is -0.150. The number of hydrogen-bond acceptors (Lipinski definition) is 6. The van der Waals surface area contributed by atoms with Gasteiger partial charge in [-0.2, -0.15) is 0 Å². The highest BCUT2D eigenvalue weighted by Gasteiger charge is 2.19. The smallest absolute Gasteiger partial charge is 0.328 e. The van der Waals surface area contributed by atoms with Gasteiger partial charge in [0.2, 0.25) is 11.8 Å². The van der Waals surface area contributed by atoms with Gasteiger partial charge in [0.15, 0.2) is 0 Å². The van der Waals surface area contributed by atoms with Crippen LogP contribution in [-0.2, 0) is 23.9 Å². The van der Waals surface area contributed by atoms with E-state index < -0.39 is 24.5 Å². The first-order valence-electron chi connectivity index (χ1n) is 26.5. The van der Waals surface area contributed by atoms with Crippen molar-refractivity contribution in [3.63, 3.8) is 0 Å². The number of allylic oxidation sites excluding steroid dienone is 8. The number of nitrogens with one attached hydrogen (secondary N) is 2. The summed E-state index contributed by atoms with van der Waals surface area (Å²) < 4.78 is 6.07. The summed E-state index contributed by atoms with van der Waals surface area (Å²) in [4.78, 5) is 47.8. The summed E-state index contributed by atoms with van der Waals surface area (Å²) in [5, 5.41) is 22.6. The Labute approximate surface area is 392 Å². The molecule has 0 aliphatic carbocycles. The Bertz CT molecular complexity index is 1210. The Morgan fingerprint density at radius 3 is 1.34 bits per heavy atom. The number of aliphatic hydroxyl groups is 1. The number of carboxylic acids is 1. The molecular weight excluding hydrogens is 801 g/mol. The molecule has 0 aromatic carbocycles. The number of carbonyl (C=O) groups excluding carboxylic acids is 3. The molecule has 0 aromatic rings. The van der Waals surface area contributed by atoms with E-state index in [0.717, 1.165) is 83.5 Å². The van der Waals surface area contributed by atoms with Crippen LogP contribution in [0.25, 0.3) is 0 Å². The maximum Gasteiger partial charge on any atom is 0.328 e. The van der Waals surface area contributed by atoms with E-state index in [4.69, 9.17) is 14.9 Å². The molecule has 2 amide bonds. The first-order valence-corrected chi connectivity index (χ1v) is 26.5. The van der Waals surface area contributed by atoms with Gasteiger partial charge in [0.25, 0.3) is 0 Å². The maximum atomic E-state index is 12.9. The minimum atomic E-state index is -1.38. The lowest BCUT2D eigenvalue weighted by Gasteiger charge is -2.18. The van der Waals surface area contributed by atoms with Gasteiger partial charge in [0.05, 0.1) is 13.2 Å². The number of ether oxygens (including phenoxy) is 1. The number of esters is 1. The van der Waals surface area contributed by atoms with Crippen LogP contribution in [0.1, 0.15) is 251 Å². The van der Waals surface area contributed by atoms with Crippen molar-refractivity contribution in [2.45, 2.75) is 264 Å². The van der Waals surface area contributed by atoms with Gasteiger partial charge in [-0.15, -0.1) is 0 Å². The fraction of sp³-hybridized carbons (Fsp3) is 0.782. The molecule has 9 heteroatoms. The second-order valence-corrected chi connectivity index (χ2v) is 17.9. The molecule has 0 saturated carbocycles. The molecule has 0 spiro atoms. The first kappa shape index (κ1) is 60.8. The van der Waals surface area contributed by atoms with Gasteiger partial charge in [0, 0.05) is 12.8 Å². The number of hydrogen-bond donors (Lipinski definition) is 4. The van der Waals surface area contributed by atoms with E-state index in [-0.39, 0.29) is 24.5 Å². The Hall–Kier alpha value is -3.20. The number of rotatable bonds is 48. The van der Waals surface area contributed by atoms with Crippen molar-refractivity contribution < 1.29 is 34.1 Å². The minimum Gasteiger partial charge on any atom is -0.480 e. The highest BCUT2D eigenvalue weighted by Crippen LogP contribution is 2.19. The Morgan fingerprint density at radius 1 is 0.484 bits per heavy atom. The molecule has 0 fully saturated rings. The van der Waals surface area contributed by atoms with Gasteiger partial charge in [-0.05, 0) is 77.0 Å². The zero-order valence-corrected chi connectivity index (χ0v) is 41.3. The predicted molar refractivity (Wildman–Crippen MR) is 268 cm³/mol. The largest absolute Gasteiger partial charge is 0.480 e. The monoisotopic (exact) mass is 899 g/mol. The highest BCUT2D eigenvalue weighted by molar-refractivity contribution is 5.87. The molecule has 2 atom stereocenters. The summed E-state index contributed by atoms with van der Waals surface area (Å²) in [6.45, 7) is 3.40. The molecule has 64 heavy (non-hydrogen) atoms. The number of unbranched alkanes of at least 4 members (excludes halogenated alkanes) is 26. The topological polar surface area (TPSA) is 142 Å². The Balaban J connectivity index is 4.23. The fourth-order valence-electron chi connectivity index (χ4n) is 7.83. The molecule has 0 aliphatic heterocycles. The van der Waals surface area contributed by atoms with Gasteiger partial charge >= 0.3 is 11.9 Å². The summed E-state index contributed by atoms with van der Waals surface area (Å²) in [5.41, 5.74) is 0. The first-order chi connectivity index (χ1) is 31.3. The van der Waals surface area contributed by atoms with E-state index in [0.29, 0.717) is 19.3 Å². The SMILES string of the molecule is CC/C=C\C/C=C\C/C=C\C/C=C\CCCCCCCCCCCCC(=O)OC(CCCCCCCCCCCCCCC)CCCCCCCC(=O)NCC(=O)NC(CO)C(=O)O. The second kappa shape index (κ2) is 49.2. The van der Waals surface area contributed by atoms with E-state index >= 15 is 0 Å². The van der Waals surface area contributed by atoms with Crippen molar-refractivity contribution in [3.8, 4) is 0 Å². The summed E-state index contributed by atoms with van der Waals surface area (Å²) in [6.07, 6.45) is 60.1. The lowest BCUT2D eigenvalue weighted by atomic mass is 10.0. The summed E-state index contributed by atoms with van der Waals surface area (Å²) >= 11 is 0. The maximum absolute atomic E-state index is 12.9. The highest BCUT2D eigenvalue weighted by atomic mass is 16.5. The van der Waals surface area contributed by atoms with Crippen LogP contribution in [0.4, 0.5) is 0 Å². The van der Waals surface area contributed by atoms with Gasteiger partial charge in [-0.25, -0.2) is 4.79 Å². The number of carbonyl (C=O) groups is 4. The third-order valence-electron chi connectivity index (χ3n) is 11.8. The van der Waals surface area contributed by atoms with Crippen LogP contribution in [0.15, 0.2) is 48.6 Å². The van der Waals surface area contributed by atoms with Gasteiger partial charge < -0.3 is 25.6 Å². The standard InChI is InChI=1S/C55H98N2O7/c1-3-5-7-9-11-13-15-17-18-19-20-21-22-23-24-25-26-28-30-32-34-39-43-47-54(61)64-50(44-40-36-33-31-29-27-16-14-12-10-8-6-4-2)45-41-37-35-38-42-46-52(59)56-48-53(60)57-51(49-58)55(62)63/h5,7,11,13,17-18,20-21,50-51,58H,3-4,6,8-10,12,14-16,19,22-49H2,1-2H3,(H,56,59)(H,57,60)(H,62,63)/b7-5-,13-11-,18-17-,21-20-. The average molecular weight is 899 g/mol. The number of aliphatic carboxylic acids is 1. The normalized spacial score (nSPS) is 12.8. The van der Waals surface area contributed by atoms with Crippen molar-refractivity contribution >= 4 is 23.8 Å². The van der Waals surface area contributed by atoms with Crippen molar-refractivity contribution in [2.24, 2.45) is 0 Å². The molecule has 9 nitrogen and oxygen atoms in total. The number of aliphatic hydroxyl groups excluding tert-OH is 1. The summed E-state index contributed by atoms with van der Waals surface area (Å²) in [6, 6.07) is -1.38. The molecule has 0 bridgehead atoms. The van der Waals surface area contributed by atoms with Crippen LogP contribution in [0, 0.1) is 0 Å². The van der Waals surface area contributed by atoms with E-state index in [1.165, 1.54) is 135 Å². The van der Waals surface area contributed by atoms with E-state index in [9.17, 15) is 19.2 Å². The van der Waals surface area contributed by atoms with Crippen LogP contribution in [-0.4, -0.2) is 59.3 Å². The molecule has 2 unspecified atom stereocenters. The molecule has 4 N–H and O–H groups in total. The molecule has 370 valence electrons. The number of amides is 2. The molecule has 0 aromatic heterocycles. The average Bonchev–Trinajstić information content (AvgIpc) is 3.28. The fourth-order valence-corrected chi connectivity index (χ4v) is 7.83. The van der Waals surface area contributed by atoms with E-state index in [2.05, 4.69) is 73.1 Å². The molecule has 0 heterocycles. The van der Waals surface area contributed by atoms with Crippen molar-refractivity contribution in [1.82, 2.24) is 10.6 Å². The van der Waals surface area contributed by atoms with Gasteiger partial charge in [-0.1, -0.05) is 210 Å². The van der Waals surface area contributed by atoms with Crippen LogP contribution >= 0.6 is 0 Å². The quantitative estimate of drug-likeness (QED) is 0.0271. The van der Waals surface area contributed by atoms with Crippen LogP contribution in [0.3, 0.4) is 0 Å². The molecular formula is C55H98N2O7. The summed E-state index contributed by atoms with van der Waals surface area (Å²) in [7, 11) is 0. The van der Waals surface area contributed by atoms with Crippen molar-refractivity contribution in [3.05, 3.63) is 48.6 Å². The Morgan fingerprint density at radius 2 is 0.891 bits per heavy atom. The summed E-state index contributed by atoms with van der Waals surface area (Å²) in [5.74, 6) is -2.28. The van der Waals surface area contributed by atoms with Crippen LogP contribution in [0.5, 0.6) is 0 Å². The molecule has 0 radical (unpaired) electrons. The molecule has 0 saturated heterocycles. The van der Waals surface area contributed by atoms with Gasteiger partial charge in [0.1, 0.15) is 12.1 Å². The Kier molecular flexibility index (Phi) is 46.8. The molecule has 0 aliphatic rings. The van der Waals surface area contributed by atoms with E-state index in [1.807, 2.05) is 0 Å². The minimum absolute atomic E-state index is 0.0161. The lowest BCUT2D eigenvalue weighted by Crippen LogP contribution is -2.47. The third kappa shape index (κ3) is 45.4. The number of carboxylic acid groups (broad SMARTS) is 1. The molecule has 0 rings (SSSR count). The zero-order valence-electron chi connectivity index (χ0n) is 41.3. The predicted octanol–water partition coefficient (Wildman–Crippen LogP) is 14.3. The van der Waals surface area contributed by atoms with Crippen LogP contribution in [0.2, 0.25) is 0 Å².